The molecule has 1 aromatic heterocycles. The van der Waals surface area contributed by atoms with Crippen molar-refractivity contribution in [2.24, 2.45) is 17.6 Å². The zero-order valence-corrected chi connectivity index (χ0v) is 19.1. The van der Waals surface area contributed by atoms with Crippen molar-refractivity contribution < 1.29 is 9.59 Å². The van der Waals surface area contributed by atoms with E-state index in [0.717, 1.165) is 30.6 Å². The maximum atomic E-state index is 12.8. The normalized spacial score (nSPS) is 17.5. The lowest BCUT2D eigenvalue weighted by Crippen LogP contribution is -2.27. The number of carbonyl (C=O) groups is 2. The zero-order chi connectivity index (χ0) is 23.4. The van der Waals surface area contributed by atoms with Gasteiger partial charge in [0.15, 0.2) is 0 Å². The summed E-state index contributed by atoms with van der Waals surface area (Å²) in [5.41, 5.74) is 8.40. The van der Waals surface area contributed by atoms with Crippen LogP contribution in [0.5, 0.6) is 0 Å². The van der Waals surface area contributed by atoms with Gasteiger partial charge in [-0.3, -0.25) is 9.59 Å². The van der Waals surface area contributed by atoms with E-state index in [1.54, 1.807) is 30.3 Å². The Hall–Kier alpha value is -3.45. The minimum absolute atomic E-state index is 0.0988. The number of primary amides is 1. The Labute approximate surface area is 198 Å². The summed E-state index contributed by atoms with van der Waals surface area (Å²) >= 11 is 6.33. The van der Waals surface area contributed by atoms with Crippen molar-refractivity contribution in [1.82, 2.24) is 9.97 Å². The van der Waals surface area contributed by atoms with Crippen LogP contribution in [0.2, 0.25) is 5.02 Å². The summed E-state index contributed by atoms with van der Waals surface area (Å²) in [6.07, 6.45) is 4.88. The molecule has 2 atom stereocenters. The average Bonchev–Trinajstić information content (AvgIpc) is 3.30. The zero-order valence-electron chi connectivity index (χ0n) is 18.4. The van der Waals surface area contributed by atoms with Crippen molar-refractivity contribution >= 4 is 40.7 Å². The molecule has 0 spiro atoms. The van der Waals surface area contributed by atoms with E-state index in [4.69, 9.17) is 17.3 Å². The van der Waals surface area contributed by atoms with Crippen LogP contribution >= 0.6 is 11.6 Å². The smallest absolute Gasteiger partial charge is 0.258 e. The molecule has 3 aromatic rings. The molecule has 1 aliphatic rings. The highest BCUT2D eigenvalue weighted by atomic mass is 35.5. The van der Waals surface area contributed by atoms with Gasteiger partial charge in [0.25, 0.3) is 5.91 Å². The first-order valence-corrected chi connectivity index (χ1v) is 11.3. The van der Waals surface area contributed by atoms with Gasteiger partial charge in [0.1, 0.15) is 0 Å². The van der Waals surface area contributed by atoms with Crippen molar-refractivity contribution in [2.45, 2.75) is 25.7 Å². The molecule has 3 N–H and O–H groups in total. The molecule has 7 nitrogen and oxygen atoms in total. The van der Waals surface area contributed by atoms with Crippen LogP contribution in [-0.4, -0.2) is 28.8 Å². The number of rotatable bonds is 7. The number of para-hydroxylation sites is 1. The molecule has 0 aliphatic heterocycles. The van der Waals surface area contributed by atoms with E-state index in [1.807, 2.05) is 42.5 Å². The van der Waals surface area contributed by atoms with Crippen molar-refractivity contribution in [1.29, 1.82) is 0 Å². The van der Waals surface area contributed by atoms with E-state index < -0.39 is 0 Å². The molecule has 170 valence electrons. The third-order valence-electron chi connectivity index (χ3n) is 6.13. The molecule has 2 amide bonds. The van der Waals surface area contributed by atoms with E-state index >= 15 is 0 Å². The predicted octanol–water partition coefficient (Wildman–Crippen LogP) is 4.59. The van der Waals surface area contributed by atoms with Crippen molar-refractivity contribution in [3.8, 4) is 0 Å². The quantitative estimate of drug-likeness (QED) is 0.533. The molecule has 1 fully saturated rings. The highest BCUT2D eigenvalue weighted by Crippen LogP contribution is 2.35. The molecular weight excluding hydrogens is 438 g/mol. The molecule has 0 bridgehead atoms. The lowest BCUT2D eigenvalue weighted by Gasteiger charge is -2.18. The van der Waals surface area contributed by atoms with E-state index in [0.29, 0.717) is 28.6 Å². The second kappa shape index (κ2) is 10.0. The lowest BCUT2D eigenvalue weighted by atomic mass is 9.91. The number of halogens is 1. The fourth-order valence-electron chi connectivity index (χ4n) is 4.30. The predicted molar refractivity (Wildman–Crippen MR) is 130 cm³/mol. The highest BCUT2D eigenvalue weighted by Gasteiger charge is 2.32. The van der Waals surface area contributed by atoms with Gasteiger partial charge in [0.2, 0.25) is 11.9 Å². The number of carbonyl (C=O) groups excluding carboxylic acids is 2. The minimum atomic E-state index is -0.256. The van der Waals surface area contributed by atoms with Crippen LogP contribution in [0.3, 0.4) is 0 Å². The van der Waals surface area contributed by atoms with Crippen LogP contribution in [0.25, 0.3) is 0 Å². The number of nitrogens with one attached hydrogen (secondary N) is 1. The molecule has 33 heavy (non-hydrogen) atoms. The number of aromatic nitrogens is 2. The third-order valence-corrected chi connectivity index (χ3v) is 6.45. The lowest BCUT2D eigenvalue weighted by molar-refractivity contribution is -0.122. The maximum absolute atomic E-state index is 12.8. The van der Waals surface area contributed by atoms with Gasteiger partial charge in [0.05, 0.1) is 16.9 Å². The van der Waals surface area contributed by atoms with Crippen LogP contribution in [-0.2, 0) is 11.2 Å². The molecule has 1 saturated carbocycles. The van der Waals surface area contributed by atoms with Crippen molar-refractivity contribution in [2.75, 3.05) is 17.3 Å². The topological polar surface area (TPSA) is 101 Å². The van der Waals surface area contributed by atoms with Crippen LogP contribution in [0, 0.1) is 11.8 Å². The van der Waals surface area contributed by atoms with Gasteiger partial charge in [-0.25, -0.2) is 9.97 Å². The summed E-state index contributed by atoms with van der Waals surface area (Å²) in [5, 5.41) is 3.63. The Morgan fingerprint density at radius 3 is 2.55 bits per heavy atom. The summed E-state index contributed by atoms with van der Waals surface area (Å²) in [5.74, 6) is 0.0663. The van der Waals surface area contributed by atoms with Gasteiger partial charge in [-0.1, -0.05) is 36.2 Å². The minimum Gasteiger partial charge on any atom is -0.369 e. The summed E-state index contributed by atoms with van der Waals surface area (Å²) in [6.45, 7) is 0. The molecule has 2 aromatic carbocycles. The van der Waals surface area contributed by atoms with Gasteiger partial charge in [-0.05, 0) is 61.6 Å². The van der Waals surface area contributed by atoms with Gasteiger partial charge in [0, 0.05) is 29.9 Å². The Bertz CT molecular complexity index is 1140. The number of hydrogen-bond donors (Lipinski definition) is 2. The summed E-state index contributed by atoms with van der Waals surface area (Å²) in [6, 6.07) is 16.6. The number of benzene rings is 2. The molecule has 0 unspecified atom stereocenters. The Morgan fingerprint density at radius 1 is 1.12 bits per heavy atom. The summed E-state index contributed by atoms with van der Waals surface area (Å²) in [7, 11) is 1.75. The van der Waals surface area contributed by atoms with Crippen LogP contribution in [0.1, 0.15) is 35.3 Å². The van der Waals surface area contributed by atoms with Gasteiger partial charge < -0.3 is 16.0 Å². The SMILES string of the molecule is CN(C(=O)c1ccc(Nc2ncc(Cl)c(C[C@@H]3CCC[C@@H]3C(N)=O)n2)cc1)c1ccccc1. The van der Waals surface area contributed by atoms with E-state index in [2.05, 4.69) is 15.3 Å². The number of nitrogens with zero attached hydrogens (tertiary/aromatic N) is 3. The van der Waals surface area contributed by atoms with E-state index in [9.17, 15) is 9.59 Å². The fourth-order valence-corrected chi connectivity index (χ4v) is 4.47. The molecular formula is C25H26ClN5O2. The molecule has 8 heteroatoms. The number of amides is 2. The molecule has 0 saturated heterocycles. The molecule has 1 heterocycles. The first kappa shape index (κ1) is 22.7. The van der Waals surface area contributed by atoms with Crippen molar-refractivity contribution in [3.63, 3.8) is 0 Å². The molecule has 1 aliphatic carbocycles. The highest BCUT2D eigenvalue weighted by molar-refractivity contribution is 6.31. The second-order valence-corrected chi connectivity index (χ2v) is 8.70. The average molecular weight is 464 g/mol. The number of nitrogens with two attached hydrogens (primary N) is 1. The first-order chi connectivity index (χ1) is 15.9. The van der Waals surface area contributed by atoms with E-state index in [1.165, 1.54) is 0 Å². The maximum Gasteiger partial charge on any atom is 0.258 e. The summed E-state index contributed by atoms with van der Waals surface area (Å²) < 4.78 is 0. The molecule has 4 rings (SSSR count). The first-order valence-electron chi connectivity index (χ1n) is 10.9. The van der Waals surface area contributed by atoms with Gasteiger partial charge in [-0.15, -0.1) is 0 Å². The molecule has 0 radical (unpaired) electrons. The Kier molecular flexibility index (Phi) is 6.89. The van der Waals surface area contributed by atoms with Crippen molar-refractivity contribution in [3.05, 3.63) is 77.1 Å². The third kappa shape index (κ3) is 5.31. The fraction of sp³-hybridized carbons (Fsp3) is 0.280. The summed E-state index contributed by atoms with van der Waals surface area (Å²) in [4.78, 5) is 34.9. The van der Waals surface area contributed by atoms with Gasteiger partial charge >= 0.3 is 0 Å². The largest absolute Gasteiger partial charge is 0.369 e. The van der Waals surface area contributed by atoms with Crippen LogP contribution in [0.4, 0.5) is 17.3 Å². The van der Waals surface area contributed by atoms with E-state index in [-0.39, 0.29) is 23.7 Å². The standard InChI is InChI=1S/C25H26ClN5O2/c1-31(19-7-3-2-4-8-19)24(33)16-10-12-18(13-11-16)29-25-28-15-21(26)22(30-25)14-17-6-5-9-20(17)23(27)32/h2-4,7-8,10-13,15,17,20H,5-6,9,14H2,1H3,(H2,27,32)(H,28,29,30)/t17-,20-/m0/s1. The monoisotopic (exact) mass is 463 g/mol. The Morgan fingerprint density at radius 2 is 1.85 bits per heavy atom. The van der Waals surface area contributed by atoms with Crippen LogP contribution in [0.15, 0.2) is 60.8 Å². The number of anilines is 3. The van der Waals surface area contributed by atoms with Gasteiger partial charge in [-0.2, -0.15) is 0 Å². The second-order valence-electron chi connectivity index (χ2n) is 8.29. The van der Waals surface area contributed by atoms with Crippen LogP contribution < -0.4 is 16.0 Å². The number of hydrogen-bond acceptors (Lipinski definition) is 5. The Balaban J connectivity index is 1.44.